The molecule has 0 fully saturated rings. The van der Waals surface area contributed by atoms with Gasteiger partial charge in [0.2, 0.25) is 0 Å². The summed E-state index contributed by atoms with van der Waals surface area (Å²) in [6.45, 7) is 4.26. The molecule has 3 rings (SSSR count). The molecule has 0 atom stereocenters. The molecule has 0 aliphatic heterocycles. The Kier molecular flexibility index (Phi) is 2.80. The zero-order valence-corrected chi connectivity index (χ0v) is 11.3. The van der Waals surface area contributed by atoms with Gasteiger partial charge in [0.1, 0.15) is 0 Å². The normalized spacial score (nSPS) is 10.8. The van der Waals surface area contributed by atoms with Crippen molar-refractivity contribution in [1.82, 2.24) is 0 Å². The fourth-order valence-corrected chi connectivity index (χ4v) is 3.17. The standard InChI is InChI=1S/C16H15NS/c1-11-7-12(2)9-13(8-11)17-15-10-18-16-6-4-3-5-14(15)16/h3-10,17H,1-2H3. The Hall–Kier alpha value is -1.80. The minimum absolute atomic E-state index is 1.16. The average molecular weight is 253 g/mol. The number of thiophene rings is 1. The zero-order chi connectivity index (χ0) is 12.5. The molecule has 0 amide bonds. The predicted octanol–water partition coefficient (Wildman–Crippen LogP) is 5.26. The molecule has 0 unspecified atom stereocenters. The summed E-state index contributed by atoms with van der Waals surface area (Å²) in [5.74, 6) is 0. The van der Waals surface area contributed by atoms with Gasteiger partial charge in [0.05, 0.1) is 5.69 Å². The van der Waals surface area contributed by atoms with Gasteiger partial charge >= 0.3 is 0 Å². The predicted molar refractivity (Wildman–Crippen MR) is 81.0 cm³/mol. The lowest BCUT2D eigenvalue weighted by atomic mass is 10.1. The fraction of sp³-hybridized carbons (Fsp3) is 0.125. The van der Waals surface area contributed by atoms with E-state index >= 15 is 0 Å². The first-order valence-electron chi connectivity index (χ1n) is 6.04. The van der Waals surface area contributed by atoms with Crippen LogP contribution in [0.25, 0.3) is 10.1 Å². The molecule has 0 saturated carbocycles. The summed E-state index contributed by atoms with van der Waals surface area (Å²) in [5, 5.41) is 7.00. The van der Waals surface area contributed by atoms with Gasteiger partial charge in [-0.2, -0.15) is 0 Å². The SMILES string of the molecule is Cc1cc(C)cc(Nc2csc3ccccc23)c1. The molecule has 1 heterocycles. The van der Waals surface area contributed by atoms with Crippen LogP contribution >= 0.6 is 11.3 Å². The topological polar surface area (TPSA) is 12.0 Å². The second-order valence-corrected chi connectivity index (χ2v) is 5.56. The Morgan fingerprint density at radius 3 is 2.44 bits per heavy atom. The maximum Gasteiger partial charge on any atom is 0.0572 e. The number of anilines is 2. The third-order valence-electron chi connectivity index (χ3n) is 2.98. The first kappa shape index (κ1) is 11.3. The highest BCUT2D eigenvalue weighted by Crippen LogP contribution is 2.32. The Labute approximate surface area is 111 Å². The molecule has 0 radical (unpaired) electrons. The summed E-state index contributed by atoms with van der Waals surface area (Å²) < 4.78 is 1.32. The Bertz CT molecular complexity index is 677. The van der Waals surface area contributed by atoms with E-state index in [0.29, 0.717) is 0 Å². The summed E-state index contributed by atoms with van der Waals surface area (Å²) in [5.41, 5.74) is 4.94. The monoisotopic (exact) mass is 253 g/mol. The molecule has 1 aromatic heterocycles. The van der Waals surface area contributed by atoms with Gasteiger partial charge in [-0.05, 0) is 43.2 Å². The molecule has 18 heavy (non-hydrogen) atoms. The van der Waals surface area contributed by atoms with Gasteiger partial charge in [-0.3, -0.25) is 0 Å². The Balaban J connectivity index is 2.01. The van der Waals surface area contributed by atoms with Crippen LogP contribution in [0.4, 0.5) is 11.4 Å². The molecule has 0 aliphatic rings. The summed E-state index contributed by atoms with van der Waals surface area (Å²) in [6, 6.07) is 15.0. The van der Waals surface area contributed by atoms with E-state index in [-0.39, 0.29) is 0 Å². The van der Waals surface area contributed by atoms with Crippen molar-refractivity contribution in [2.45, 2.75) is 13.8 Å². The number of fused-ring (bicyclic) bond motifs is 1. The first-order chi connectivity index (χ1) is 8.72. The van der Waals surface area contributed by atoms with Crippen LogP contribution < -0.4 is 5.32 Å². The molecule has 3 aromatic rings. The van der Waals surface area contributed by atoms with Gasteiger partial charge in [0.15, 0.2) is 0 Å². The van der Waals surface area contributed by atoms with Crippen molar-refractivity contribution in [2.24, 2.45) is 0 Å². The molecule has 1 nitrogen and oxygen atoms in total. The van der Waals surface area contributed by atoms with Gasteiger partial charge in [-0.15, -0.1) is 11.3 Å². The maximum absolute atomic E-state index is 3.52. The first-order valence-corrected chi connectivity index (χ1v) is 6.92. The van der Waals surface area contributed by atoms with Crippen molar-refractivity contribution in [3.63, 3.8) is 0 Å². The number of rotatable bonds is 2. The van der Waals surface area contributed by atoms with Gasteiger partial charge in [-0.1, -0.05) is 24.3 Å². The Morgan fingerprint density at radius 2 is 1.67 bits per heavy atom. The minimum Gasteiger partial charge on any atom is -0.354 e. The van der Waals surface area contributed by atoms with Crippen molar-refractivity contribution in [2.75, 3.05) is 5.32 Å². The van der Waals surface area contributed by atoms with E-state index in [1.807, 2.05) is 0 Å². The van der Waals surface area contributed by atoms with Gasteiger partial charge < -0.3 is 5.32 Å². The summed E-state index contributed by atoms with van der Waals surface area (Å²) >= 11 is 1.78. The van der Waals surface area contributed by atoms with Crippen LogP contribution in [0.15, 0.2) is 47.8 Å². The molecule has 0 aliphatic carbocycles. The quantitative estimate of drug-likeness (QED) is 0.656. The zero-order valence-electron chi connectivity index (χ0n) is 10.5. The molecular weight excluding hydrogens is 238 g/mol. The van der Waals surface area contributed by atoms with Crippen molar-refractivity contribution in [3.8, 4) is 0 Å². The molecule has 2 aromatic carbocycles. The van der Waals surface area contributed by atoms with Gasteiger partial charge in [0, 0.05) is 21.2 Å². The number of nitrogens with one attached hydrogen (secondary N) is 1. The number of aryl methyl sites for hydroxylation is 2. The lowest BCUT2D eigenvalue weighted by Gasteiger charge is -2.07. The van der Waals surface area contributed by atoms with Crippen molar-refractivity contribution >= 4 is 32.8 Å². The second kappa shape index (κ2) is 4.46. The molecule has 2 heteroatoms. The lowest BCUT2D eigenvalue weighted by Crippen LogP contribution is -1.90. The van der Waals surface area contributed by atoms with Crippen LogP contribution in [-0.4, -0.2) is 0 Å². The van der Waals surface area contributed by atoms with Crippen LogP contribution in [0.1, 0.15) is 11.1 Å². The smallest absolute Gasteiger partial charge is 0.0572 e. The summed E-state index contributed by atoms with van der Waals surface area (Å²) in [4.78, 5) is 0. The van der Waals surface area contributed by atoms with E-state index in [1.165, 1.54) is 26.9 Å². The van der Waals surface area contributed by atoms with Crippen molar-refractivity contribution in [1.29, 1.82) is 0 Å². The number of hydrogen-bond donors (Lipinski definition) is 1. The van der Waals surface area contributed by atoms with Crippen molar-refractivity contribution < 1.29 is 0 Å². The number of hydrogen-bond acceptors (Lipinski definition) is 2. The van der Waals surface area contributed by atoms with Crippen LogP contribution in [0.5, 0.6) is 0 Å². The number of benzene rings is 2. The molecular formula is C16H15NS. The van der Waals surface area contributed by atoms with E-state index < -0.39 is 0 Å². The van der Waals surface area contributed by atoms with E-state index in [2.05, 4.69) is 67.0 Å². The van der Waals surface area contributed by atoms with E-state index in [1.54, 1.807) is 11.3 Å². The maximum atomic E-state index is 3.52. The van der Waals surface area contributed by atoms with Crippen LogP contribution in [0.3, 0.4) is 0 Å². The lowest BCUT2D eigenvalue weighted by molar-refractivity contribution is 1.38. The van der Waals surface area contributed by atoms with Gasteiger partial charge in [-0.25, -0.2) is 0 Å². The minimum atomic E-state index is 1.16. The Morgan fingerprint density at radius 1 is 0.944 bits per heavy atom. The highest BCUT2D eigenvalue weighted by atomic mass is 32.1. The summed E-state index contributed by atoms with van der Waals surface area (Å²) in [7, 11) is 0. The molecule has 0 saturated heterocycles. The largest absolute Gasteiger partial charge is 0.354 e. The highest BCUT2D eigenvalue weighted by Gasteiger charge is 2.03. The summed E-state index contributed by atoms with van der Waals surface area (Å²) in [6.07, 6.45) is 0. The third kappa shape index (κ3) is 2.12. The van der Waals surface area contributed by atoms with Crippen LogP contribution in [0.2, 0.25) is 0 Å². The van der Waals surface area contributed by atoms with Crippen LogP contribution in [0, 0.1) is 13.8 Å². The second-order valence-electron chi connectivity index (χ2n) is 4.65. The molecule has 90 valence electrons. The van der Waals surface area contributed by atoms with Gasteiger partial charge in [0.25, 0.3) is 0 Å². The van der Waals surface area contributed by atoms with E-state index in [9.17, 15) is 0 Å². The van der Waals surface area contributed by atoms with E-state index in [0.717, 1.165) is 5.69 Å². The van der Waals surface area contributed by atoms with Crippen molar-refractivity contribution in [3.05, 3.63) is 59.0 Å². The average Bonchev–Trinajstić information content (AvgIpc) is 2.72. The molecule has 0 spiro atoms. The molecule has 1 N–H and O–H groups in total. The molecule has 0 bridgehead atoms. The fourth-order valence-electron chi connectivity index (χ4n) is 2.28. The third-order valence-corrected chi connectivity index (χ3v) is 3.95. The van der Waals surface area contributed by atoms with E-state index in [4.69, 9.17) is 0 Å². The van der Waals surface area contributed by atoms with Crippen LogP contribution in [-0.2, 0) is 0 Å². The highest BCUT2D eigenvalue weighted by molar-refractivity contribution is 7.17.